The van der Waals surface area contributed by atoms with Gasteiger partial charge in [-0.2, -0.15) is 0 Å². The third-order valence-corrected chi connectivity index (χ3v) is 4.15. The van der Waals surface area contributed by atoms with E-state index >= 15 is 0 Å². The van der Waals surface area contributed by atoms with E-state index < -0.39 is 0 Å². The Labute approximate surface area is 125 Å². The van der Waals surface area contributed by atoms with Crippen molar-refractivity contribution in [1.82, 2.24) is 15.5 Å². The van der Waals surface area contributed by atoms with Crippen LogP contribution in [-0.2, 0) is 0 Å². The number of likely N-dealkylation sites (tertiary alicyclic amines) is 1. The first-order valence-corrected chi connectivity index (χ1v) is 8.46. The summed E-state index contributed by atoms with van der Waals surface area (Å²) in [7, 11) is 0. The van der Waals surface area contributed by atoms with Gasteiger partial charge in [-0.15, -0.1) is 0 Å². The SMILES string of the molecule is CCNC(=NCCCN1CCCCC1C)NC(C)CC. The highest BCUT2D eigenvalue weighted by Gasteiger charge is 2.16. The Morgan fingerprint density at radius 3 is 2.80 bits per heavy atom. The van der Waals surface area contributed by atoms with Crippen LogP contribution >= 0.6 is 0 Å². The van der Waals surface area contributed by atoms with E-state index in [1.807, 2.05) is 0 Å². The highest BCUT2D eigenvalue weighted by Crippen LogP contribution is 2.16. The second kappa shape index (κ2) is 10.0. The molecule has 118 valence electrons. The molecule has 1 rings (SSSR count). The maximum atomic E-state index is 4.68. The van der Waals surface area contributed by atoms with Crippen molar-refractivity contribution in [3.8, 4) is 0 Å². The molecule has 2 unspecified atom stereocenters. The third-order valence-electron chi connectivity index (χ3n) is 4.15. The van der Waals surface area contributed by atoms with E-state index in [-0.39, 0.29) is 0 Å². The van der Waals surface area contributed by atoms with Crippen molar-refractivity contribution in [2.75, 3.05) is 26.2 Å². The zero-order valence-corrected chi connectivity index (χ0v) is 13.9. The van der Waals surface area contributed by atoms with Crippen molar-refractivity contribution in [3.05, 3.63) is 0 Å². The average Bonchev–Trinajstić information content (AvgIpc) is 2.45. The summed E-state index contributed by atoms with van der Waals surface area (Å²) < 4.78 is 0. The van der Waals surface area contributed by atoms with Gasteiger partial charge < -0.3 is 15.5 Å². The number of nitrogens with zero attached hydrogens (tertiary/aromatic N) is 2. The molecule has 2 atom stereocenters. The topological polar surface area (TPSA) is 39.7 Å². The smallest absolute Gasteiger partial charge is 0.191 e. The molecule has 0 radical (unpaired) electrons. The molecule has 20 heavy (non-hydrogen) atoms. The molecule has 4 heteroatoms. The molecule has 1 heterocycles. The first kappa shape index (κ1) is 17.3. The molecule has 4 nitrogen and oxygen atoms in total. The fourth-order valence-electron chi connectivity index (χ4n) is 2.61. The zero-order chi connectivity index (χ0) is 14.8. The van der Waals surface area contributed by atoms with Gasteiger partial charge in [-0.3, -0.25) is 4.99 Å². The van der Waals surface area contributed by atoms with Crippen molar-refractivity contribution in [1.29, 1.82) is 0 Å². The summed E-state index contributed by atoms with van der Waals surface area (Å²) in [6.45, 7) is 13.2. The van der Waals surface area contributed by atoms with Gasteiger partial charge in [-0.1, -0.05) is 13.3 Å². The van der Waals surface area contributed by atoms with Crippen molar-refractivity contribution in [2.45, 2.75) is 71.9 Å². The number of piperidine rings is 1. The van der Waals surface area contributed by atoms with Crippen LogP contribution in [0, 0.1) is 0 Å². The fourth-order valence-corrected chi connectivity index (χ4v) is 2.61. The Balaban J connectivity index is 2.28. The monoisotopic (exact) mass is 282 g/mol. The summed E-state index contributed by atoms with van der Waals surface area (Å²) in [5, 5.41) is 6.76. The van der Waals surface area contributed by atoms with E-state index in [9.17, 15) is 0 Å². The molecule has 0 amide bonds. The van der Waals surface area contributed by atoms with Crippen molar-refractivity contribution in [2.24, 2.45) is 4.99 Å². The molecule has 0 saturated carbocycles. The summed E-state index contributed by atoms with van der Waals surface area (Å²) in [6, 6.07) is 1.24. The van der Waals surface area contributed by atoms with Crippen molar-refractivity contribution in [3.63, 3.8) is 0 Å². The molecule has 0 aromatic heterocycles. The zero-order valence-electron chi connectivity index (χ0n) is 13.9. The van der Waals surface area contributed by atoms with Crippen molar-refractivity contribution < 1.29 is 0 Å². The largest absolute Gasteiger partial charge is 0.357 e. The maximum absolute atomic E-state index is 4.68. The Kier molecular flexibility index (Phi) is 8.67. The van der Waals surface area contributed by atoms with Crippen LogP contribution in [0.1, 0.15) is 59.8 Å². The molecule has 0 aliphatic carbocycles. The summed E-state index contributed by atoms with van der Waals surface area (Å²) in [5.74, 6) is 0.966. The lowest BCUT2D eigenvalue weighted by atomic mass is 10.0. The van der Waals surface area contributed by atoms with Gasteiger partial charge in [0.25, 0.3) is 0 Å². The number of nitrogens with one attached hydrogen (secondary N) is 2. The number of hydrogen-bond donors (Lipinski definition) is 2. The van der Waals surface area contributed by atoms with Gasteiger partial charge in [-0.25, -0.2) is 0 Å². The van der Waals surface area contributed by atoms with Gasteiger partial charge in [-0.05, 0) is 53.0 Å². The predicted molar refractivity (Wildman–Crippen MR) is 88.4 cm³/mol. The van der Waals surface area contributed by atoms with Crippen molar-refractivity contribution >= 4 is 5.96 Å². The van der Waals surface area contributed by atoms with Gasteiger partial charge in [0.2, 0.25) is 0 Å². The first-order valence-electron chi connectivity index (χ1n) is 8.46. The van der Waals surface area contributed by atoms with Crippen LogP contribution in [0.15, 0.2) is 4.99 Å². The molecule has 1 aliphatic rings. The minimum Gasteiger partial charge on any atom is -0.357 e. The molecule has 0 aromatic rings. The number of aliphatic imine (C=N–C) groups is 1. The second-order valence-electron chi connectivity index (χ2n) is 5.95. The molecule has 1 saturated heterocycles. The predicted octanol–water partition coefficient (Wildman–Crippen LogP) is 2.60. The average molecular weight is 282 g/mol. The normalized spacial score (nSPS) is 22.6. The van der Waals surface area contributed by atoms with Gasteiger partial charge in [0.05, 0.1) is 0 Å². The number of guanidine groups is 1. The highest BCUT2D eigenvalue weighted by atomic mass is 15.2. The number of hydrogen-bond acceptors (Lipinski definition) is 2. The molecule has 0 bridgehead atoms. The molecule has 0 aromatic carbocycles. The quantitative estimate of drug-likeness (QED) is 0.428. The molecular formula is C16H34N4. The summed E-state index contributed by atoms with van der Waals surface area (Å²) in [5.41, 5.74) is 0. The number of rotatable bonds is 7. The molecule has 0 spiro atoms. The third kappa shape index (κ3) is 6.60. The Morgan fingerprint density at radius 2 is 2.15 bits per heavy atom. The van der Waals surface area contributed by atoms with Gasteiger partial charge >= 0.3 is 0 Å². The van der Waals surface area contributed by atoms with Crippen LogP contribution in [0.5, 0.6) is 0 Å². The Bertz CT molecular complexity index is 278. The van der Waals surface area contributed by atoms with Crippen LogP contribution in [0.3, 0.4) is 0 Å². The summed E-state index contributed by atoms with van der Waals surface area (Å²) in [4.78, 5) is 7.30. The lowest BCUT2D eigenvalue weighted by Crippen LogP contribution is -2.42. The van der Waals surface area contributed by atoms with E-state index in [0.717, 1.165) is 37.9 Å². The van der Waals surface area contributed by atoms with Crippen LogP contribution in [0.25, 0.3) is 0 Å². The van der Waals surface area contributed by atoms with Crippen LogP contribution < -0.4 is 10.6 Å². The molecular weight excluding hydrogens is 248 g/mol. The summed E-state index contributed by atoms with van der Waals surface area (Å²) in [6.07, 6.45) is 6.41. The maximum Gasteiger partial charge on any atom is 0.191 e. The first-order chi connectivity index (χ1) is 9.67. The van der Waals surface area contributed by atoms with Gasteiger partial charge in [0.1, 0.15) is 0 Å². The molecule has 1 aliphatic heterocycles. The van der Waals surface area contributed by atoms with Gasteiger partial charge in [0.15, 0.2) is 5.96 Å². The van der Waals surface area contributed by atoms with E-state index in [1.165, 1.54) is 32.4 Å². The summed E-state index contributed by atoms with van der Waals surface area (Å²) >= 11 is 0. The minimum absolute atomic E-state index is 0.481. The highest BCUT2D eigenvalue weighted by molar-refractivity contribution is 5.79. The molecule has 1 fully saturated rings. The Hall–Kier alpha value is -0.770. The van der Waals surface area contributed by atoms with E-state index in [4.69, 9.17) is 0 Å². The van der Waals surface area contributed by atoms with Crippen LogP contribution in [0.2, 0.25) is 0 Å². The molecule has 2 N–H and O–H groups in total. The lowest BCUT2D eigenvalue weighted by molar-refractivity contribution is 0.160. The van der Waals surface area contributed by atoms with Crippen LogP contribution in [0.4, 0.5) is 0 Å². The van der Waals surface area contributed by atoms with E-state index in [0.29, 0.717) is 6.04 Å². The van der Waals surface area contributed by atoms with E-state index in [1.54, 1.807) is 0 Å². The van der Waals surface area contributed by atoms with Gasteiger partial charge in [0, 0.05) is 31.7 Å². The lowest BCUT2D eigenvalue weighted by Gasteiger charge is -2.33. The minimum atomic E-state index is 0.481. The second-order valence-corrected chi connectivity index (χ2v) is 5.95. The van der Waals surface area contributed by atoms with E-state index in [2.05, 4.69) is 48.2 Å². The fraction of sp³-hybridized carbons (Fsp3) is 0.938. The Morgan fingerprint density at radius 1 is 1.35 bits per heavy atom. The van der Waals surface area contributed by atoms with Crippen LogP contribution in [-0.4, -0.2) is 49.1 Å². The standard InChI is InChI=1S/C16H34N4/c1-5-14(3)19-16(17-6-2)18-11-9-13-20-12-8-7-10-15(20)4/h14-15H,5-13H2,1-4H3,(H2,17,18,19).